The van der Waals surface area contributed by atoms with E-state index in [1.807, 2.05) is 31.2 Å². The normalized spacial score (nSPS) is 11.6. The lowest BCUT2D eigenvalue weighted by Crippen LogP contribution is -1.78. The average Bonchev–Trinajstić information content (AvgIpc) is 2.03. The second-order valence-electron chi connectivity index (χ2n) is 2.48. The molecule has 1 aromatic rings. The first-order valence-electron chi connectivity index (χ1n) is 3.65. The largest absolute Gasteiger partial charge is 0.0898 e. The molecule has 0 aliphatic heterocycles. The van der Waals surface area contributed by atoms with Crippen LogP contribution in [0.2, 0.25) is 0 Å². The zero-order valence-corrected chi connectivity index (χ0v) is 7.31. The van der Waals surface area contributed by atoms with Crippen molar-refractivity contribution in [3.8, 4) is 0 Å². The van der Waals surface area contributed by atoms with Gasteiger partial charge in [0.15, 0.2) is 0 Å². The van der Waals surface area contributed by atoms with Gasteiger partial charge < -0.3 is 0 Å². The van der Waals surface area contributed by atoms with Crippen LogP contribution in [0, 0.1) is 0 Å². The van der Waals surface area contributed by atoms with Gasteiger partial charge in [-0.1, -0.05) is 48.0 Å². The predicted molar refractivity (Wildman–Crippen MR) is 49.8 cm³/mol. The summed E-state index contributed by atoms with van der Waals surface area (Å²) in [6.45, 7) is 1.89. The van der Waals surface area contributed by atoms with Gasteiger partial charge in [-0.15, -0.1) is 0 Å². The van der Waals surface area contributed by atoms with E-state index in [1.54, 1.807) is 0 Å². The predicted octanol–water partition coefficient (Wildman–Crippen LogP) is 3.37. The molecule has 0 atom stereocenters. The molecule has 0 N–H and O–H groups in total. The first-order chi connectivity index (χ1) is 5.29. The van der Waals surface area contributed by atoms with Crippen molar-refractivity contribution in [1.82, 2.24) is 0 Å². The quantitative estimate of drug-likeness (QED) is 0.632. The smallest absolute Gasteiger partial charge is 0.0113 e. The van der Waals surface area contributed by atoms with E-state index in [4.69, 9.17) is 11.6 Å². The highest BCUT2D eigenvalue weighted by Gasteiger charge is 1.86. The van der Waals surface area contributed by atoms with Gasteiger partial charge in [-0.05, 0) is 18.9 Å². The molecule has 0 unspecified atom stereocenters. The van der Waals surface area contributed by atoms with Crippen molar-refractivity contribution in [3.63, 3.8) is 0 Å². The lowest BCUT2D eigenvalue weighted by atomic mass is 10.1. The van der Waals surface area contributed by atoms with Crippen LogP contribution in [-0.4, -0.2) is 0 Å². The molecule has 0 bridgehead atoms. The molecule has 0 spiro atoms. The van der Waals surface area contributed by atoms with Gasteiger partial charge in [0.05, 0.1) is 0 Å². The monoisotopic (exact) mass is 166 g/mol. The Labute approximate surface area is 72.5 Å². The Morgan fingerprint density at radius 2 is 2.00 bits per heavy atom. The summed E-state index contributed by atoms with van der Waals surface area (Å²) in [5.74, 6) is 0. The summed E-state index contributed by atoms with van der Waals surface area (Å²) in [5, 5.41) is 0.855. The Morgan fingerprint density at radius 3 is 2.55 bits per heavy atom. The number of allylic oxidation sites excluding steroid dienone is 2. The maximum Gasteiger partial charge on any atom is 0.0113 e. The molecule has 58 valence electrons. The van der Waals surface area contributed by atoms with Crippen LogP contribution in [0.1, 0.15) is 12.5 Å². The van der Waals surface area contributed by atoms with E-state index < -0.39 is 0 Å². The van der Waals surface area contributed by atoms with E-state index in [2.05, 4.69) is 12.1 Å². The van der Waals surface area contributed by atoms with Crippen LogP contribution in [0.5, 0.6) is 0 Å². The van der Waals surface area contributed by atoms with Crippen molar-refractivity contribution in [2.24, 2.45) is 0 Å². The van der Waals surface area contributed by atoms with Crippen LogP contribution in [0.25, 0.3) is 0 Å². The van der Waals surface area contributed by atoms with Crippen LogP contribution in [0.3, 0.4) is 0 Å². The van der Waals surface area contributed by atoms with E-state index in [9.17, 15) is 0 Å². The first kappa shape index (κ1) is 8.35. The van der Waals surface area contributed by atoms with Gasteiger partial charge in [-0.3, -0.25) is 0 Å². The van der Waals surface area contributed by atoms with Crippen molar-refractivity contribution in [1.29, 1.82) is 0 Å². The molecule has 11 heavy (non-hydrogen) atoms. The second-order valence-corrected chi connectivity index (χ2v) is 3.08. The van der Waals surface area contributed by atoms with E-state index in [1.165, 1.54) is 5.56 Å². The molecule has 0 aliphatic carbocycles. The zero-order chi connectivity index (χ0) is 8.10. The minimum atomic E-state index is 0.855. The summed E-state index contributed by atoms with van der Waals surface area (Å²) in [4.78, 5) is 0. The van der Waals surface area contributed by atoms with Gasteiger partial charge in [0.2, 0.25) is 0 Å². The van der Waals surface area contributed by atoms with Crippen molar-refractivity contribution in [2.45, 2.75) is 13.3 Å². The SMILES string of the molecule is CC(Cl)=CCc1ccccc1. The van der Waals surface area contributed by atoms with Gasteiger partial charge in [-0.2, -0.15) is 0 Å². The number of benzene rings is 1. The van der Waals surface area contributed by atoms with Crippen LogP contribution in [0.15, 0.2) is 41.4 Å². The van der Waals surface area contributed by atoms with E-state index in [-0.39, 0.29) is 0 Å². The molecule has 1 aromatic carbocycles. The van der Waals surface area contributed by atoms with E-state index in [0.717, 1.165) is 11.5 Å². The lowest BCUT2D eigenvalue weighted by Gasteiger charge is -1.93. The summed E-state index contributed by atoms with van der Waals surface area (Å²) in [5.41, 5.74) is 1.30. The standard InChI is InChI=1S/C10H11Cl/c1-9(11)7-8-10-5-3-2-4-6-10/h2-7H,8H2,1H3. The van der Waals surface area contributed by atoms with Crippen molar-refractivity contribution < 1.29 is 0 Å². The molecule has 0 saturated heterocycles. The molecule has 0 nitrogen and oxygen atoms in total. The maximum absolute atomic E-state index is 5.69. The number of hydrogen-bond acceptors (Lipinski definition) is 0. The summed E-state index contributed by atoms with van der Waals surface area (Å²) in [7, 11) is 0. The van der Waals surface area contributed by atoms with E-state index in [0.29, 0.717) is 0 Å². The minimum absolute atomic E-state index is 0.855. The molecule has 0 amide bonds. The Balaban J connectivity index is 2.59. The second kappa shape index (κ2) is 4.20. The van der Waals surface area contributed by atoms with Crippen LogP contribution < -0.4 is 0 Å². The van der Waals surface area contributed by atoms with Crippen molar-refractivity contribution in [2.75, 3.05) is 0 Å². The maximum atomic E-state index is 5.69. The minimum Gasteiger partial charge on any atom is -0.0898 e. The number of rotatable bonds is 2. The molecule has 1 rings (SSSR count). The Bertz CT molecular complexity index is 232. The molecular weight excluding hydrogens is 156 g/mol. The highest BCUT2D eigenvalue weighted by atomic mass is 35.5. The molecule has 1 heteroatoms. The number of halogens is 1. The van der Waals surface area contributed by atoms with Crippen LogP contribution in [-0.2, 0) is 6.42 Å². The fourth-order valence-corrected chi connectivity index (χ4v) is 0.950. The third-order valence-electron chi connectivity index (χ3n) is 1.46. The van der Waals surface area contributed by atoms with Crippen LogP contribution >= 0.6 is 11.6 Å². The Kier molecular flexibility index (Phi) is 3.18. The van der Waals surface area contributed by atoms with Gasteiger partial charge in [0.1, 0.15) is 0 Å². The van der Waals surface area contributed by atoms with Gasteiger partial charge in [0, 0.05) is 5.03 Å². The molecule has 0 aromatic heterocycles. The van der Waals surface area contributed by atoms with E-state index >= 15 is 0 Å². The third-order valence-corrected chi connectivity index (χ3v) is 1.62. The number of hydrogen-bond donors (Lipinski definition) is 0. The lowest BCUT2D eigenvalue weighted by molar-refractivity contribution is 1.26. The third kappa shape index (κ3) is 3.24. The highest BCUT2D eigenvalue weighted by molar-refractivity contribution is 6.29. The Hall–Kier alpha value is -0.750. The van der Waals surface area contributed by atoms with Gasteiger partial charge >= 0.3 is 0 Å². The summed E-state index contributed by atoms with van der Waals surface area (Å²) in [6.07, 6.45) is 2.94. The zero-order valence-electron chi connectivity index (χ0n) is 6.55. The average molecular weight is 167 g/mol. The van der Waals surface area contributed by atoms with Gasteiger partial charge in [0.25, 0.3) is 0 Å². The fraction of sp³-hybridized carbons (Fsp3) is 0.200. The highest BCUT2D eigenvalue weighted by Crippen LogP contribution is 2.04. The van der Waals surface area contributed by atoms with Gasteiger partial charge in [-0.25, -0.2) is 0 Å². The summed E-state index contributed by atoms with van der Waals surface area (Å²) >= 11 is 5.69. The van der Waals surface area contributed by atoms with Crippen molar-refractivity contribution >= 4 is 11.6 Å². The molecule has 0 saturated carbocycles. The van der Waals surface area contributed by atoms with Crippen LogP contribution in [0.4, 0.5) is 0 Å². The summed E-state index contributed by atoms with van der Waals surface area (Å²) < 4.78 is 0. The molecule has 0 aliphatic rings. The molecule has 0 radical (unpaired) electrons. The molecule has 0 fully saturated rings. The topological polar surface area (TPSA) is 0 Å². The first-order valence-corrected chi connectivity index (χ1v) is 4.03. The fourth-order valence-electron chi connectivity index (χ4n) is 0.873. The Morgan fingerprint density at radius 1 is 1.36 bits per heavy atom. The summed E-state index contributed by atoms with van der Waals surface area (Å²) in [6, 6.07) is 10.3. The molecule has 0 heterocycles. The molecular formula is C10H11Cl. The van der Waals surface area contributed by atoms with Crippen molar-refractivity contribution in [3.05, 3.63) is 47.0 Å².